The van der Waals surface area contributed by atoms with E-state index in [1.54, 1.807) is 12.5 Å². The first-order valence-corrected chi connectivity index (χ1v) is 3.68. The molecule has 60 valence electrons. The molecule has 0 unspecified atom stereocenters. The van der Waals surface area contributed by atoms with Gasteiger partial charge < -0.3 is 15.0 Å². The molecule has 2 N–H and O–H groups in total. The van der Waals surface area contributed by atoms with Crippen LogP contribution in [0, 0.1) is 0 Å². The molecule has 1 aliphatic heterocycles. The van der Waals surface area contributed by atoms with Crippen molar-refractivity contribution in [1.82, 2.24) is 9.55 Å². The Balaban J connectivity index is 2.16. The Hall–Kier alpha value is -0.870. The van der Waals surface area contributed by atoms with E-state index in [0.29, 0.717) is 13.2 Å². The number of nitrogens with zero attached hydrogens (tertiary/aromatic N) is 2. The quantitative estimate of drug-likeness (QED) is 0.607. The molecule has 0 bridgehead atoms. The molecule has 4 heteroatoms. The number of hydrogen-bond donors (Lipinski definition) is 1. The summed E-state index contributed by atoms with van der Waals surface area (Å²) in [6.45, 7) is 1.36. The molecule has 1 fully saturated rings. The Morgan fingerprint density at radius 1 is 1.55 bits per heavy atom. The average Bonchev–Trinajstić information content (AvgIpc) is 2.55. The molecule has 1 aromatic rings. The van der Waals surface area contributed by atoms with Crippen molar-refractivity contribution in [3.63, 3.8) is 0 Å². The van der Waals surface area contributed by atoms with Crippen LogP contribution < -0.4 is 5.73 Å². The van der Waals surface area contributed by atoms with Crippen LogP contribution in [0.5, 0.6) is 0 Å². The fourth-order valence-electron chi connectivity index (χ4n) is 1.33. The lowest BCUT2D eigenvalue weighted by Gasteiger charge is -2.13. The maximum Gasteiger partial charge on any atom is 0.0949 e. The summed E-state index contributed by atoms with van der Waals surface area (Å²) < 4.78 is 7.22. The fraction of sp³-hybridized carbons (Fsp3) is 0.571. The van der Waals surface area contributed by atoms with Crippen LogP contribution in [0.25, 0.3) is 0 Å². The van der Waals surface area contributed by atoms with E-state index in [2.05, 4.69) is 4.98 Å². The van der Waals surface area contributed by atoms with Crippen molar-refractivity contribution >= 4 is 0 Å². The smallest absolute Gasteiger partial charge is 0.0949 e. The highest BCUT2D eigenvalue weighted by molar-refractivity contribution is 4.88. The van der Waals surface area contributed by atoms with Crippen molar-refractivity contribution in [2.75, 3.05) is 13.2 Å². The van der Waals surface area contributed by atoms with Gasteiger partial charge in [-0.05, 0) is 0 Å². The van der Waals surface area contributed by atoms with E-state index in [-0.39, 0.29) is 12.1 Å². The molecule has 0 aromatic carbocycles. The summed E-state index contributed by atoms with van der Waals surface area (Å²) in [4.78, 5) is 3.95. The molecular weight excluding hydrogens is 142 g/mol. The molecular formula is C7H11N3O. The molecule has 0 aliphatic carbocycles. The highest BCUT2D eigenvalue weighted by Gasteiger charge is 2.25. The summed E-state index contributed by atoms with van der Waals surface area (Å²) in [5.41, 5.74) is 5.80. The Morgan fingerprint density at radius 2 is 2.45 bits per heavy atom. The van der Waals surface area contributed by atoms with Gasteiger partial charge in [0.1, 0.15) is 0 Å². The predicted molar refractivity (Wildman–Crippen MR) is 40.1 cm³/mol. The maximum atomic E-state index is 5.80. The lowest BCUT2D eigenvalue weighted by molar-refractivity contribution is 0.185. The number of imidazole rings is 1. The molecule has 1 aromatic heterocycles. The van der Waals surface area contributed by atoms with Crippen LogP contribution in [0.15, 0.2) is 18.7 Å². The Morgan fingerprint density at radius 3 is 3.00 bits per heavy atom. The second-order valence-corrected chi connectivity index (χ2v) is 2.78. The van der Waals surface area contributed by atoms with E-state index in [4.69, 9.17) is 10.5 Å². The van der Waals surface area contributed by atoms with Crippen LogP contribution in [0.1, 0.15) is 6.04 Å². The van der Waals surface area contributed by atoms with Gasteiger partial charge in [-0.2, -0.15) is 0 Å². The molecule has 0 radical (unpaired) electrons. The monoisotopic (exact) mass is 153 g/mol. The summed E-state index contributed by atoms with van der Waals surface area (Å²) in [5.74, 6) is 0. The summed E-state index contributed by atoms with van der Waals surface area (Å²) in [6, 6.07) is 0.390. The number of ether oxygens (including phenoxy) is 1. The van der Waals surface area contributed by atoms with Gasteiger partial charge in [-0.15, -0.1) is 0 Å². The lowest BCUT2D eigenvalue weighted by atomic mass is 10.2. The summed E-state index contributed by atoms with van der Waals surface area (Å²) in [7, 11) is 0. The van der Waals surface area contributed by atoms with Crippen molar-refractivity contribution in [2.45, 2.75) is 12.1 Å². The largest absolute Gasteiger partial charge is 0.378 e. The second kappa shape index (κ2) is 2.64. The number of nitrogens with two attached hydrogens (primary N) is 1. The third kappa shape index (κ3) is 1.15. The van der Waals surface area contributed by atoms with Crippen LogP contribution in [-0.2, 0) is 4.74 Å². The third-order valence-electron chi connectivity index (χ3n) is 2.00. The second-order valence-electron chi connectivity index (χ2n) is 2.78. The van der Waals surface area contributed by atoms with Crippen molar-refractivity contribution in [3.8, 4) is 0 Å². The first-order valence-electron chi connectivity index (χ1n) is 3.68. The van der Waals surface area contributed by atoms with Gasteiger partial charge in [0.15, 0.2) is 0 Å². The summed E-state index contributed by atoms with van der Waals surface area (Å²) in [5, 5.41) is 0. The van der Waals surface area contributed by atoms with Gasteiger partial charge in [-0.1, -0.05) is 0 Å². The van der Waals surface area contributed by atoms with Crippen LogP contribution in [0.3, 0.4) is 0 Å². The van der Waals surface area contributed by atoms with Crippen molar-refractivity contribution < 1.29 is 4.74 Å². The molecule has 4 nitrogen and oxygen atoms in total. The topological polar surface area (TPSA) is 53.1 Å². The first-order chi connectivity index (χ1) is 5.38. The van der Waals surface area contributed by atoms with Crippen molar-refractivity contribution in [1.29, 1.82) is 0 Å². The van der Waals surface area contributed by atoms with E-state index >= 15 is 0 Å². The highest BCUT2D eigenvalue weighted by Crippen LogP contribution is 2.16. The van der Waals surface area contributed by atoms with Gasteiger partial charge in [-0.3, -0.25) is 0 Å². The van der Waals surface area contributed by atoms with Crippen LogP contribution in [-0.4, -0.2) is 28.8 Å². The molecule has 2 atom stereocenters. The average molecular weight is 153 g/mol. The Kier molecular flexibility index (Phi) is 1.63. The minimum Gasteiger partial charge on any atom is -0.378 e. The Labute approximate surface area is 65.0 Å². The van der Waals surface area contributed by atoms with E-state index in [1.807, 2.05) is 10.8 Å². The van der Waals surface area contributed by atoms with E-state index < -0.39 is 0 Å². The van der Waals surface area contributed by atoms with Gasteiger partial charge in [0, 0.05) is 12.4 Å². The summed E-state index contributed by atoms with van der Waals surface area (Å²) >= 11 is 0. The zero-order chi connectivity index (χ0) is 7.68. The Bertz CT molecular complexity index is 222. The highest BCUT2D eigenvalue weighted by atomic mass is 16.5. The fourth-order valence-corrected chi connectivity index (χ4v) is 1.33. The van der Waals surface area contributed by atoms with Gasteiger partial charge in [0.2, 0.25) is 0 Å². The predicted octanol–water partition coefficient (Wildman–Crippen LogP) is -0.218. The zero-order valence-electron chi connectivity index (χ0n) is 6.18. The lowest BCUT2D eigenvalue weighted by Crippen LogP contribution is -2.30. The van der Waals surface area contributed by atoms with E-state index in [9.17, 15) is 0 Å². The molecule has 1 aliphatic rings. The molecule has 0 saturated carbocycles. The summed E-state index contributed by atoms with van der Waals surface area (Å²) in [6.07, 6.45) is 5.45. The standard InChI is InChI=1S/C7H11N3O/c8-6-3-11-4-7(6)10-2-1-9-5-10/h1-2,5-7H,3-4,8H2/t6-,7+/m1/s1. The van der Waals surface area contributed by atoms with Crippen molar-refractivity contribution in [2.24, 2.45) is 5.73 Å². The van der Waals surface area contributed by atoms with Crippen molar-refractivity contribution in [3.05, 3.63) is 18.7 Å². The van der Waals surface area contributed by atoms with Crippen LogP contribution >= 0.6 is 0 Å². The van der Waals surface area contributed by atoms with Gasteiger partial charge in [0.25, 0.3) is 0 Å². The molecule has 11 heavy (non-hydrogen) atoms. The number of aromatic nitrogens is 2. The molecule has 0 amide bonds. The van der Waals surface area contributed by atoms with Gasteiger partial charge >= 0.3 is 0 Å². The molecule has 2 heterocycles. The number of rotatable bonds is 1. The number of hydrogen-bond acceptors (Lipinski definition) is 3. The van der Waals surface area contributed by atoms with Gasteiger partial charge in [0.05, 0.1) is 31.6 Å². The van der Waals surface area contributed by atoms with Crippen LogP contribution in [0.2, 0.25) is 0 Å². The third-order valence-corrected chi connectivity index (χ3v) is 2.00. The molecule has 2 rings (SSSR count). The normalized spacial score (nSPS) is 31.0. The van der Waals surface area contributed by atoms with Crippen LogP contribution in [0.4, 0.5) is 0 Å². The first kappa shape index (κ1) is 6.82. The minimum absolute atomic E-state index is 0.115. The molecule has 0 spiro atoms. The van der Waals surface area contributed by atoms with E-state index in [0.717, 1.165) is 0 Å². The van der Waals surface area contributed by atoms with Gasteiger partial charge in [-0.25, -0.2) is 4.98 Å². The zero-order valence-corrected chi connectivity index (χ0v) is 6.18. The SMILES string of the molecule is N[C@@H]1COC[C@@H]1n1ccnc1. The maximum absolute atomic E-state index is 5.80. The molecule has 1 saturated heterocycles. The van der Waals surface area contributed by atoms with E-state index in [1.165, 1.54) is 0 Å². The minimum atomic E-state index is 0.115.